The minimum atomic E-state index is 0. The Bertz CT molecular complexity index is 433. The van der Waals surface area contributed by atoms with Crippen molar-refractivity contribution >= 4 is 36.2 Å². The zero-order valence-corrected chi connectivity index (χ0v) is 14.9. The van der Waals surface area contributed by atoms with Gasteiger partial charge in [-0.05, 0) is 49.8 Å². The molecule has 1 aromatic heterocycles. The predicted octanol–water partition coefficient (Wildman–Crippen LogP) is 4.04. The first kappa shape index (κ1) is 17.6. The lowest BCUT2D eigenvalue weighted by atomic mass is 10.1. The van der Waals surface area contributed by atoms with Crippen LogP contribution in [-0.2, 0) is 6.54 Å². The number of rotatable bonds is 3. The Balaban J connectivity index is 0.000000807. The van der Waals surface area contributed by atoms with Gasteiger partial charge in [0.1, 0.15) is 0 Å². The summed E-state index contributed by atoms with van der Waals surface area (Å²) in [5, 5.41) is 3.65. The Morgan fingerprint density at radius 1 is 1.10 bits per heavy atom. The van der Waals surface area contributed by atoms with Gasteiger partial charge in [0.15, 0.2) is 0 Å². The zero-order valence-electron chi connectivity index (χ0n) is 12.4. The van der Waals surface area contributed by atoms with Gasteiger partial charge in [-0.3, -0.25) is 4.90 Å². The first-order chi connectivity index (χ1) is 9.38. The average molecular weight is 349 g/mol. The molecule has 0 bridgehead atoms. The summed E-state index contributed by atoms with van der Waals surface area (Å²) in [6.07, 6.45) is 7.13. The van der Waals surface area contributed by atoms with E-state index in [1.165, 1.54) is 58.3 Å². The summed E-state index contributed by atoms with van der Waals surface area (Å²) in [7, 11) is 0. The molecule has 21 heavy (non-hydrogen) atoms. The second kappa shape index (κ2) is 7.65. The van der Waals surface area contributed by atoms with Crippen LogP contribution >= 0.6 is 36.2 Å². The highest BCUT2D eigenvalue weighted by molar-refractivity contribution is 7.12. The van der Waals surface area contributed by atoms with Crippen LogP contribution in [0.5, 0.6) is 0 Å². The smallest absolute Gasteiger partial charge is 0.0328 e. The van der Waals surface area contributed by atoms with E-state index in [9.17, 15) is 0 Å². The number of hydrogen-bond acceptors (Lipinski definition) is 3. The van der Waals surface area contributed by atoms with Gasteiger partial charge in [0.05, 0.1) is 0 Å². The van der Waals surface area contributed by atoms with E-state index in [1.54, 1.807) is 9.75 Å². The van der Waals surface area contributed by atoms with Crippen molar-refractivity contribution < 1.29 is 0 Å². The summed E-state index contributed by atoms with van der Waals surface area (Å²) in [6.45, 7) is 5.01. The summed E-state index contributed by atoms with van der Waals surface area (Å²) in [5.74, 6) is 1.81. The van der Waals surface area contributed by atoms with Crippen LogP contribution in [0.25, 0.3) is 0 Å². The van der Waals surface area contributed by atoms with Crippen molar-refractivity contribution in [2.24, 2.45) is 5.92 Å². The quantitative estimate of drug-likeness (QED) is 0.886. The maximum absolute atomic E-state index is 3.65. The molecule has 1 N–H and O–H groups in total. The molecular formula is C16H26Cl2N2S. The van der Waals surface area contributed by atoms with Crippen LogP contribution < -0.4 is 5.32 Å². The van der Waals surface area contributed by atoms with Crippen molar-refractivity contribution in [3.63, 3.8) is 0 Å². The number of fused-ring (bicyclic) bond motifs is 1. The van der Waals surface area contributed by atoms with Crippen LogP contribution in [0.1, 0.15) is 47.8 Å². The van der Waals surface area contributed by atoms with Crippen LogP contribution in [0.3, 0.4) is 0 Å². The lowest BCUT2D eigenvalue weighted by Crippen LogP contribution is -2.29. The Kier molecular flexibility index (Phi) is 6.39. The third-order valence-corrected chi connectivity index (χ3v) is 6.49. The monoisotopic (exact) mass is 348 g/mol. The molecule has 0 aromatic carbocycles. The molecule has 2 saturated heterocycles. The van der Waals surface area contributed by atoms with Gasteiger partial charge < -0.3 is 5.32 Å². The van der Waals surface area contributed by atoms with Crippen molar-refractivity contribution in [2.75, 3.05) is 19.6 Å². The molecule has 4 rings (SSSR count). The molecule has 3 fully saturated rings. The van der Waals surface area contributed by atoms with E-state index in [2.05, 4.69) is 33.7 Å². The SMILES string of the molecule is Cl.Cl.c1cc(C2CCCC2)sc1CN1C[C@@H]2CCN[C@@H]2C1. The number of hydrogen-bond donors (Lipinski definition) is 1. The maximum Gasteiger partial charge on any atom is 0.0328 e. The second-order valence-electron chi connectivity index (χ2n) is 6.59. The molecule has 2 atom stereocenters. The Labute approximate surface area is 144 Å². The predicted molar refractivity (Wildman–Crippen MR) is 95.2 cm³/mol. The Morgan fingerprint density at radius 2 is 1.90 bits per heavy atom. The van der Waals surface area contributed by atoms with Crippen molar-refractivity contribution in [2.45, 2.75) is 50.6 Å². The number of halogens is 2. The van der Waals surface area contributed by atoms with Gasteiger partial charge in [0.2, 0.25) is 0 Å². The maximum atomic E-state index is 3.65. The van der Waals surface area contributed by atoms with Crippen molar-refractivity contribution in [3.8, 4) is 0 Å². The molecule has 0 spiro atoms. The zero-order chi connectivity index (χ0) is 12.7. The van der Waals surface area contributed by atoms with Crippen molar-refractivity contribution in [1.82, 2.24) is 10.2 Å². The van der Waals surface area contributed by atoms with Gasteiger partial charge in [-0.15, -0.1) is 36.2 Å². The highest BCUT2D eigenvalue weighted by Crippen LogP contribution is 2.38. The van der Waals surface area contributed by atoms with E-state index >= 15 is 0 Å². The first-order valence-corrected chi connectivity index (χ1v) is 8.74. The topological polar surface area (TPSA) is 15.3 Å². The van der Waals surface area contributed by atoms with Crippen LogP contribution in [0.2, 0.25) is 0 Å². The fourth-order valence-corrected chi connectivity index (χ4v) is 5.42. The summed E-state index contributed by atoms with van der Waals surface area (Å²) in [6, 6.07) is 5.58. The normalized spacial score (nSPS) is 29.1. The molecule has 2 aliphatic heterocycles. The average Bonchev–Trinajstić information content (AvgIpc) is 3.12. The van der Waals surface area contributed by atoms with E-state index < -0.39 is 0 Å². The molecule has 1 aliphatic carbocycles. The number of nitrogens with zero attached hydrogens (tertiary/aromatic N) is 1. The number of thiophene rings is 1. The van der Waals surface area contributed by atoms with E-state index in [0.29, 0.717) is 0 Å². The van der Waals surface area contributed by atoms with Gasteiger partial charge in [0, 0.05) is 35.4 Å². The summed E-state index contributed by atoms with van der Waals surface area (Å²) >= 11 is 2.08. The number of likely N-dealkylation sites (tertiary alicyclic amines) is 1. The van der Waals surface area contributed by atoms with Crippen molar-refractivity contribution in [1.29, 1.82) is 0 Å². The van der Waals surface area contributed by atoms with Crippen LogP contribution in [0, 0.1) is 5.92 Å². The molecule has 1 aromatic rings. The standard InChI is InChI=1S/C16H24N2S.2ClH/c1-2-4-12(3-1)16-6-5-14(19-16)10-18-9-13-7-8-17-15(13)11-18;;/h5-6,12-13,15,17H,1-4,7-11H2;2*1H/t13-,15+;;/m0../s1. The molecule has 0 amide bonds. The Hall–Kier alpha value is 0.200. The van der Waals surface area contributed by atoms with Crippen LogP contribution in [0.15, 0.2) is 12.1 Å². The second-order valence-corrected chi connectivity index (χ2v) is 7.79. The minimum Gasteiger partial charge on any atom is -0.312 e. The summed E-state index contributed by atoms with van der Waals surface area (Å²) in [4.78, 5) is 5.90. The molecule has 3 aliphatic rings. The number of nitrogens with one attached hydrogen (secondary N) is 1. The van der Waals surface area contributed by atoms with E-state index in [-0.39, 0.29) is 24.8 Å². The van der Waals surface area contributed by atoms with Gasteiger partial charge in [-0.2, -0.15) is 0 Å². The lowest BCUT2D eigenvalue weighted by Gasteiger charge is -2.15. The third-order valence-electron chi connectivity index (χ3n) is 5.26. The lowest BCUT2D eigenvalue weighted by molar-refractivity contribution is 0.309. The van der Waals surface area contributed by atoms with E-state index in [0.717, 1.165) is 17.9 Å². The highest BCUT2D eigenvalue weighted by atomic mass is 35.5. The highest BCUT2D eigenvalue weighted by Gasteiger charge is 2.35. The van der Waals surface area contributed by atoms with E-state index in [4.69, 9.17) is 0 Å². The summed E-state index contributed by atoms with van der Waals surface area (Å²) in [5.41, 5.74) is 0. The molecular weight excluding hydrogens is 323 g/mol. The van der Waals surface area contributed by atoms with Crippen molar-refractivity contribution in [3.05, 3.63) is 21.9 Å². The van der Waals surface area contributed by atoms with Gasteiger partial charge in [-0.25, -0.2) is 0 Å². The molecule has 3 heterocycles. The minimum absolute atomic E-state index is 0. The molecule has 120 valence electrons. The molecule has 1 saturated carbocycles. The van der Waals surface area contributed by atoms with Gasteiger partial charge >= 0.3 is 0 Å². The van der Waals surface area contributed by atoms with Crippen LogP contribution in [0.4, 0.5) is 0 Å². The van der Waals surface area contributed by atoms with E-state index in [1.807, 2.05) is 0 Å². The molecule has 5 heteroatoms. The van der Waals surface area contributed by atoms with Gasteiger partial charge in [0.25, 0.3) is 0 Å². The molecule has 0 radical (unpaired) electrons. The summed E-state index contributed by atoms with van der Waals surface area (Å²) < 4.78 is 0. The first-order valence-electron chi connectivity index (χ1n) is 7.93. The largest absolute Gasteiger partial charge is 0.312 e. The molecule has 2 nitrogen and oxygen atoms in total. The van der Waals surface area contributed by atoms with Gasteiger partial charge in [-0.1, -0.05) is 12.8 Å². The fraction of sp³-hybridized carbons (Fsp3) is 0.750. The Morgan fingerprint density at radius 3 is 2.67 bits per heavy atom. The molecule has 0 unspecified atom stereocenters. The fourth-order valence-electron chi connectivity index (χ4n) is 4.20. The third kappa shape index (κ3) is 3.76. The van der Waals surface area contributed by atoms with Crippen LogP contribution in [-0.4, -0.2) is 30.6 Å².